The maximum atomic E-state index is 11.3. The van der Waals surface area contributed by atoms with Crippen LogP contribution in [0.3, 0.4) is 0 Å². The van der Waals surface area contributed by atoms with Gasteiger partial charge in [-0.15, -0.1) is 0 Å². The second-order valence-electron chi connectivity index (χ2n) is 4.17. The third-order valence-corrected chi connectivity index (χ3v) is 2.93. The number of nitrogens with zero attached hydrogens (tertiary/aromatic N) is 4. The molecule has 0 saturated carbocycles. The largest absolute Gasteiger partial charge is 0.438 e. The van der Waals surface area contributed by atoms with Gasteiger partial charge in [0.25, 0.3) is 0 Å². The molecule has 0 N–H and O–H groups in total. The normalized spacial score (nSPS) is 20.0. The molecule has 1 amide bonds. The Morgan fingerprint density at radius 1 is 1.41 bits per heavy atom. The van der Waals surface area contributed by atoms with E-state index in [9.17, 15) is 4.79 Å². The molecule has 3 rings (SSSR count). The summed E-state index contributed by atoms with van der Waals surface area (Å²) in [7, 11) is 3.55. The Morgan fingerprint density at radius 3 is 2.94 bits per heavy atom. The zero-order valence-corrected chi connectivity index (χ0v) is 9.62. The minimum atomic E-state index is -0.304. The maximum Gasteiger partial charge on any atom is 0.410 e. The molecular weight excluding hydrogens is 220 g/mol. The van der Waals surface area contributed by atoms with Crippen molar-refractivity contribution in [3.05, 3.63) is 24.0 Å². The standard InChI is InChI=1S/C11H12N4O2/c1-14-6-9(17-11(14)16)8-4-3-7-5-12-15(2)10(7)13-8/h3-5,9H,6H2,1-2H3. The van der Waals surface area contributed by atoms with Crippen LogP contribution >= 0.6 is 0 Å². The summed E-state index contributed by atoms with van der Waals surface area (Å²) in [6, 6.07) is 3.82. The average molecular weight is 232 g/mol. The van der Waals surface area contributed by atoms with Crippen LogP contribution in [-0.4, -0.2) is 39.4 Å². The highest BCUT2D eigenvalue weighted by atomic mass is 16.6. The van der Waals surface area contributed by atoms with Crippen molar-refractivity contribution >= 4 is 17.1 Å². The molecule has 6 heteroatoms. The van der Waals surface area contributed by atoms with Gasteiger partial charge in [-0.05, 0) is 12.1 Å². The van der Waals surface area contributed by atoms with Gasteiger partial charge < -0.3 is 9.64 Å². The highest BCUT2D eigenvalue weighted by molar-refractivity contribution is 5.75. The van der Waals surface area contributed by atoms with Crippen LogP contribution in [0.25, 0.3) is 11.0 Å². The number of ether oxygens (including phenoxy) is 1. The summed E-state index contributed by atoms with van der Waals surface area (Å²) in [6.07, 6.45) is 1.17. The fourth-order valence-electron chi connectivity index (χ4n) is 1.94. The number of amides is 1. The molecule has 1 unspecified atom stereocenters. The predicted octanol–water partition coefficient (Wildman–Crippen LogP) is 1.09. The van der Waals surface area contributed by atoms with E-state index in [4.69, 9.17) is 4.74 Å². The van der Waals surface area contributed by atoms with Crippen molar-refractivity contribution in [1.82, 2.24) is 19.7 Å². The van der Waals surface area contributed by atoms with Gasteiger partial charge in [0, 0.05) is 19.5 Å². The monoisotopic (exact) mass is 232 g/mol. The highest BCUT2D eigenvalue weighted by Crippen LogP contribution is 2.25. The quantitative estimate of drug-likeness (QED) is 0.738. The number of carbonyl (C=O) groups is 1. The molecule has 0 spiro atoms. The number of hydrogen-bond acceptors (Lipinski definition) is 4. The fraction of sp³-hybridized carbons (Fsp3) is 0.364. The van der Waals surface area contributed by atoms with Crippen molar-refractivity contribution < 1.29 is 9.53 Å². The van der Waals surface area contributed by atoms with Gasteiger partial charge in [0.2, 0.25) is 0 Å². The van der Waals surface area contributed by atoms with Crippen molar-refractivity contribution in [2.75, 3.05) is 13.6 Å². The first-order chi connectivity index (χ1) is 8.15. The van der Waals surface area contributed by atoms with Gasteiger partial charge in [0.05, 0.1) is 18.4 Å². The molecule has 17 heavy (non-hydrogen) atoms. The molecule has 0 aromatic carbocycles. The second-order valence-corrected chi connectivity index (χ2v) is 4.17. The molecule has 88 valence electrons. The first-order valence-electron chi connectivity index (χ1n) is 5.35. The molecular formula is C11H12N4O2. The van der Waals surface area contributed by atoms with E-state index in [0.717, 1.165) is 16.7 Å². The van der Waals surface area contributed by atoms with Gasteiger partial charge in [-0.25, -0.2) is 9.78 Å². The van der Waals surface area contributed by atoms with Crippen LogP contribution in [0.4, 0.5) is 4.79 Å². The lowest BCUT2D eigenvalue weighted by Gasteiger charge is -2.07. The SMILES string of the molecule is CN1CC(c2ccc3cnn(C)c3n2)OC1=O. The van der Waals surface area contributed by atoms with Gasteiger partial charge in [0.15, 0.2) is 11.8 Å². The van der Waals surface area contributed by atoms with Crippen LogP contribution < -0.4 is 0 Å². The summed E-state index contributed by atoms with van der Waals surface area (Å²) in [5.41, 5.74) is 1.56. The summed E-state index contributed by atoms with van der Waals surface area (Å²) >= 11 is 0. The van der Waals surface area contributed by atoms with Crippen LogP contribution in [-0.2, 0) is 11.8 Å². The van der Waals surface area contributed by atoms with E-state index in [0.29, 0.717) is 6.54 Å². The molecule has 1 aliphatic heterocycles. The summed E-state index contributed by atoms with van der Waals surface area (Å²) in [4.78, 5) is 17.3. The van der Waals surface area contributed by atoms with E-state index in [1.807, 2.05) is 19.2 Å². The third kappa shape index (κ3) is 1.52. The van der Waals surface area contributed by atoms with E-state index in [1.165, 1.54) is 0 Å². The van der Waals surface area contributed by atoms with Crippen LogP contribution in [0, 0.1) is 0 Å². The summed E-state index contributed by atoms with van der Waals surface area (Å²) < 4.78 is 6.93. The number of cyclic esters (lactones) is 1. The lowest BCUT2D eigenvalue weighted by atomic mass is 10.2. The third-order valence-electron chi connectivity index (χ3n) is 2.93. The van der Waals surface area contributed by atoms with Crippen LogP contribution in [0.2, 0.25) is 0 Å². The summed E-state index contributed by atoms with van der Waals surface area (Å²) in [5, 5.41) is 5.11. The van der Waals surface area contributed by atoms with Crippen molar-refractivity contribution in [2.45, 2.75) is 6.10 Å². The smallest absolute Gasteiger partial charge is 0.410 e. The highest BCUT2D eigenvalue weighted by Gasteiger charge is 2.30. The zero-order valence-electron chi connectivity index (χ0n) is 9.62. The summed E-state index contributed by atoms with van der Waals surface area (Å²) in [5.74, 6) is 0. The maximum absolute atomic E-state index is 11.3. The number of hydrogen-bond donors (Lipinski definition) is 0. The minimum Gasteiger partial charge on any atom is -0.438 e. The molecule has 1 atom stereocenters. The lowest BCUT2D eigenvalue weighted by molar-refractivity contribution is 0.133. The van der Waals surface area contributed by atoms with Crippen molar-refractivity contribution in [3.8, 4) is 0 Å². The van der Waals surface area contributed by atoms with E-state index in [1.54, 1.807) is 22.8 Å². The minimum absolute atomic E-state index is 0.285. The Balaban J connectivity index is 2.01. The Bertz CT molecular complexity index is 592. The van der Waals surface area contributed by atoms with E-state index in [-0.39, 0.29) is 12.2 Å². The summed E-state index contributed by atoms with van der Waals surface area (Å²) in [6.45, 7) is 0.537. The van der Waals surface area contributed by atoms with Crippen LogP contribution in [0.5, 0.6) is 0 Å². The number of fused-ring (bicyclic) bond motifs is 1. The molecule has 2 aromatic rings. The van der Waals surface area contributed by atoms with Gasteiger partial charge >= 0.3 is 6.09 Å². The Hall–Kier alpha value is -2.11. The number of aromatic nitrogens is 3. The Kier molecular flexibility index (Phi) is 2.04. The predicted molar refractivity (Wildman–Crippen MR) is 60.4 cm³/mol. The first kappa shape index (κ1) is 10.1. The van der Waals surface area contributed by atoms with E-state index in [2.05, 4.69) is 10.1 Å². The number of pyridine rings is 1. The van der Waals surface area contributed by atoms with E-state index < -0.39 is 0 Å². The zero-order chi connectivity index (χ0) is 12.0. The topological polar surface area (TPSA) is 60.3 Å². The van der Waals surface area contributed by atoms with Crippen LogP contribution in [0.15, 0.2) is 18.3 Å². The second kappa shape index (κ2) is 3.44. The number of aryl methyl sites for hydroxylation is 1. The van der Waals surface area contributed by atoms with E-state index >= 15 is 0 Å². The van der Waals surface area contributed by atoms with Crippen molar-refractivity contribution in [3.63, 3.8) is 0 Å². The van der Waals surface area contributed by atoms with Gasteiger partial charge in [0.1, 0.15) is 0 Å². The molecule has 0 aliphatic carbocycles. The van der Waals surface area contributed by atoms with Gasteiger partial charge in [-0.3, -0.25) is 4.68 Å². The number of rotatable bonds is 1. The number of carbonyl (C=O) groups excluding carboxylic acids is 1. The first-order valence-corrected chi connectivity index (χ1v) is 5.35. The Morgan fingerprint density at radius 2 is 2.24 bits per heavy atom. The van der Waals surface area contributed by atoms with Crippen LogP contribution in [0.1, 0.15) is 11.8 Å². The fourth-order valence-corrected chi connectivity index (χ4v) is 1.94. The molecule has 0 bridgehead atoms. The molecule has 1 fully saturated rings. The molecule has 2 aromatic heterocycles. The molecule has 3 heterocycles. The molecule has 1 aliphatic rings. The van der Waals surface area contributed by atoms with Crippen molar-refractivity contribution in [1.29, 1.82) is 0 Å². The van der Waals surface area contributed by atoms with Gasteiger partial charge in [-0.1, -0.05) is 0 Å². The molecule has 1 saturated heterocycles. The van der Waals surface area contributed by atoms with Crippen molar-refractivity contribution in [2.24, 2.45) is 7.05 Å². The lowest BCUT2D eigenvalue weighted by Crippen LogP contribution is -2.17. The average Bonchev–Trinajstić information content (AvgIpc) is 2.84. The van der Waals surface area contributed by atoms with Gasteiger partial charge in [-0.2, -0.15) is 5.10 Å². The number of likely N-dealkylation sites (N-methyl/N-ethyl adjacent to an activating group) is 1. The molecule has 0 radical (unpaired) electrons. The molecule has 6 nitrogen and oxygen atoms in total. The Labute approximate surface area is 97.8 Å².